The molecule has 13 heavy (non-hydrogen) atoms. The Hall–Kier alpha value is -0.850. The number of aliphatic imine (C=N–C) groups is 1. The van der Waals surface area contributed by atoms with E-state index in [1.807, 2.05) is 0 Å². The van der Waals surface area contributed by atoms with Gasteiger partial charge in [0.25, 0.3) is 0 Å². The number of hydrogen-bond donors (Lipinski definition) is 5. The van der Waals surface area contributed by atoms with Gasteiger partial charge in [-0.25, -0.2) is 0 Å². The second-order valence-electron chi connectivity index (χ2n) is 2.76. The van der Waals surface area contributed by atoms with E-state index < -0.39 is 12.3 Å². The number of nitrogens with one attached hydrogen (secondary N) is 1. The fraction of sp³-hybridized carbons (Fsp3) is 0.857. The minimum absolute atomic E-state index is 0.373. The number of hydrogen-bond acceptors (Lipinski definition) is 4. The van der Waals surface area contributed by atoms with E-state index in [-0.39, 0.29) is 0 Å². The van der Waals surface area contributed by atoms with Gasteiger partial charge < -0.3 is 27.0 Å². The molecule has 0 fully saturated rings. The Morgan fingerprint density at radius 2 is 2.15 bits per heavy atom. The van der Waals surface area contributed by atoms with Crippen LogP contribution in [0.3, 0.4) is 0 Å². The summed E-state index contributed by atoms with van der Waals surface area (Å²) in [7, 11) is 1.59. The van der Waals surface area contributed by atoms with E-state index in [4.69, 9.17) is 21.7 Å². The molecule has 0 rings (SSSR count). The lowest BCUT2D eigenvalue weighted by atomic mass is 10.1. The number of guanidine groups is 1. The van der Waals surface area contributed by atoms with Crippen LogP contribution in [0.1, 0.15) is 12.8 Å². The lowest BCUT2D eigenvalue weighted by molar-refractivity contribution is -0.0597. The Kier molecular flexibility index (Phi) is 6.21. The molecule has 0 spiro atoms. The SMILES string of the molecule is CN=C(N)NCCCC(N)C(O)O. The molecule has 78 valence electrons. The van der Waals surface area contributed by atoms with E-state index in [9.17, 15) is 0 Å². The van der Waals surface area contributed by atoms with Crippen LogP contribution in [-0.4, -0.2) is 42.1 Å². The summed E-state index contributed by atoms with van der Waals surface area (Å²) >= 11 is 0. The second kappa shape index (κ2) is 6.64. The third-order valence-electron chi connectivity index (χ3n) is 1.64. The van der Waals surface area contributed by atoms with Gasteiger partial charge in [0.1, 0.15) is 0 Å². The molecule has 0 aromatic rings. The summed E-state index contributed by atoms with van der Waals surface area (Å²) in [6, 6.07) is -0.596. The Balaban J connectivity index is 3.36. The summed E-state index contributed by atoms with van der Waals surface area (Å²) in [4.78, 5) is 3.69. The molecule has 0 heterocycles. The molecule has 0 aliphatic rings. The first-order valence-corrected chi connectivity index (χ1v) is 4.15. The highest BCUT2D eigenvalue weighted by atomic mass is 16.5. The number of nitrogens with two attached hydrogens (primary N) is 2. The standard InChI is InChI=1S/C7H18N4O2/c1-10-7(9)11-4-2-3-5(8)6(12)13/h5-6,12-13H,2-4,8H2,1H3,(H3,9,10,11). The largest absolute Gasteiger partial charge is 0.370 e. The minimum Gasteiger partial charge on any atom is -0.370 e. The van der Waals surface area contributed by atoms with Gasteiger partial charge in [-0.2, -0.15) is 0 Å². The lowest BCUT2D eigenvalue weighted by Crippen LogP contribution is -2.36. The van der Waals surface area contributed by atoms with Gasteiger partial charge in [0.05, 0.1) is 6.04 Å². The van der Waals surface area contributed by atoms with Gasteiger partial charge in [-0.15, -0.1) is 0 Å². The van der Waals surface area contributed by atoms with Gasteiger partial charge in [0.2, 0.25) is 0 Å². The van der Waals surface area contributed by atoms with Crippen molar-refractivity contribution in [1.82, 2.24) is 5.32 Å². The highest BCUT2D eigenvalue weighted by Crippen LogP contribution is 1.96. The first kappa shape index (κ1) is 12.2. The van der Waals surface area contributed by atoms with Crippen molar-refractivity contribution in [2.45, 2.75) is 25.2 Å². The van der Waals surface area contributed by atoms with E-state index >= 15 is 0 Å². The van der Waals surface area contributed by atoms with Crippen molar-refractivity contribution in [3.05, 3.63) is 0 Å². The maximum Gasteiger partial charge on any atom is 0.188 e. The molecule has 0 amide bonds. The Morgan fingerprint density at radius 1 is 1.54 bits per heavy atom. The zero-order valence-corrected chi connectivity index (χ0v) is 7.77. The van der Waals surface area contributed by atoms with Crippen molar-refractivity contribution in [3.63, 3.8) is 0 Å². The maximum atomic E-state index is 8.64. The minimum atomic E-state index is -1.45. The van der Waals surface area contributed by atoms with Gasteiger partial charge in [0, 0.05) is 13.6 Å². The number of aliphatic hydroxyl groups excluding tert-OH is 1. The van der Waals surface area contributed by atoms with Crippen LogP contribution in [-0.2, 0) is 0 Å². The van der Waals surface area contributed by atoms with Crippen LogP contribution in [0.25, 0.3) is 0 Å². The molecule has 6 nitrogen and oxygen atoms in total. The third-order valence-corrected chi connectivity index (χ3v) is 1.64. The van der Waals surface area contributed by atoms with Crippen molar-refractivity contribution in [3.8, 4) is 0 Å². The molecular formula is C7H18N4O2. The van der Waals surface area contributed by atoms with E-state index in [2.05, 4.69) is 10.3 Å². The first-order valence-electron chi connectivity index (χ1n) is 4.15. The molecule has 1 atom stereocenters. The van der Waals surface area contributed by atoms with Crippen LogP contribution >= 0.6 is 0 Å². The molecular weight excluding hydrogens is 172 g/mol. The molecule has 1 unspecified atom stereocenters. The quantitative estimate of drug-likeness (QED) is 0.148. The predicted octanol–water partition coefficient (Wildman–Crippen LogP) is -2.06. The molecule has 7 N–H and O–H groups in total. The monoisotopic (exact) mass is 190 g/mol. The molecule has 0 aliphatic carbocycles. The van der Waals surface area contributed by atoms with Crippen molar-refractivity contribution in [1.29, 1.82) is 0 Å². The highest BCUT2D eigenvalue weighted by molar-refractivity contribution is 5.77. The van der Waals surface area contributed by atoms with Crippen LogP contribution in [0, 0.1) is 0 Å². The van der Waals surface area contributed by atoms with Crippen LogP contribution in [0.5, 0.6) is 0 Å². The zero-order valence-electron chi connectivity index (χ0n) is 7.77. The molecule has 0 saturated carbocycles. The predicted molar refractivity (Wildman–Crippen MR) is 51.0 cm³/mol. The molecule has 0 bridgehead atoms. The molecule has 0 aromatic heterocycles. The van der Waals surface area contributed by atoms with Gasteiger partial charge in [-0.3, -0.25) is 4.99 Å². The average molecular weight is 190 g/mol. The second-order valence-corrected chi connectivity index (χ2v) is 2.76. The number of rotatable bonds is 5. The fourth-order valence-electron chi connectivity index (χ4n) is 0.782. The van der Waals surface area contributed by atoms with Crippen molar-refractivity contribution in [2.75, 3.05) is 13.6 Å². The van der Waals surface area contributed by atoms with Gasteiger partial charge in [-0.1, -0.05) is 0 Å². The molecule has 0 aliphatic heterocycles. The van der Waals surface area contributed by atoms with Crippen LogP contribution in [0.2, 0.25) is 0 Å². The zero-order chi connectivity index (χ0) is 10.3. The average Bonchev–Trinajstić information content (AvgIpc) is 2.11. The van der Waals surface area contributed by atoms with Crippen molar-refractivity contribution >= 4 is 5.96 Å². The molecule has 0 aromatic carbocycles. The van der Waals surface area contributed by atoms with Crippen LogP contribution in [0.4, 0.5) is 0 Å². The smallest absolute Gasteiger partial charge is 0.188 e. The van der Waals surface area contributed by atoms with Crippen LogP contribution in [0.15, 0.2) is 4.99 Å². The van der Waals surface area contributed by atoms with Gasteiger partial charge in [-0.05, 0) is 12.8 Å². The summed E-state index contributed by atoms with van der Waals surface area (Å²) in [5.74, 6) is 0.373. The van der Waals surface area contributed by atoms with Gasteiger partial charge >= 0.3 is 0 Å². The first-order chi connectivity index (χ1) is 6.07. The highest BCUT2D eigenvalue weighted by Gasteiger charge is 2.09. The Bertz CT molecular complexity index is 161. The molecule has 6 heteroatoms. The summed E-state index contributed by atoms with van der Waals surface area (Å²) in [6.07, 6.45) is -0.200. The molecule has 0 saturated heterocycles. The Labute approximate surface area is 77.6 Å². The summed E-state index contributed by atoms with van der Waals surface area (Å²) < 4.78 is 0. The van der Waals surface area contributed by atoms with Crippen molar-refractivity contribution in [2.24, 2.45) is 16.5 Å². The molecule has 0 radical (unpaired) electrons. The van der Waals surface area contributed by atoms with Gasteiger partial charge in [0.15, 0.2) is 12.2 Å². The van der Waals surface area contributed by atoms with E-state index in [1.54, 1.807) is 7.05 Å². The van der Waals surface area contributed by atoms with E-state index in [0.717, 1.165) is 6.42 Å². The number of nitrogens with zero attached hydrogens (tertiary/aromatic N) is 1. The normalized spacial score (nSPS) is 14.7. The summed E-state index contributed by atoms with van der Waals surface area (Å²) in [5, 5.41) is 20.1. The summed E-state index contributed by atoms with van der Waals surface area (Å²) in [5.41, 5.74) is 10.7. The maximum absolute atomic E-state index is 8.64. The van der Waals surface area contributed by atoms with E-state index in [1.165, 1.54) is 0 Å². The fourth-order valence-corrected chi connectivity index (χ4v) is 0.782. The van der Waals surface area contributed by atoms with E-state index in [0.29, 0.717) is 18.9 Å². The number of aliphatic hydroxyl groups is 2. The van der Waals surface area contributed by atoms with Crippen LogP contribution < -0.4 is 16.8 Å². The lowest BCUT2D eigenvalue weighted by Gasteiger charge is -2.13. The Morgan fingerprint density at radius 3 is 2.62 bits per heavy atom. The van der Waals surface area contributed by atoms with Crippen molar-refractivity contribution < 1.29 is 10.2 Å². The summed E-state index contributed by atoms with van der Waals surface area (Å²) in [6.45, 7) is 0.629. The third kappa shape index (κ3) is 6.32. The topological polar surface area (TPSA) is 117 Å².